The van der Waals surface area contributed by atoms with Crippen LogP contribution in [0.3, 0.4) is 0 Å². The molecule has 0 radical (unpaired) electrons. The Hall–Kier alpha value is 2.55. The Bertz CT molecular complexity index is 37.5. The predicted molar refractivity (Wildman–Crippen MR) is 6.44 cm³/mol. The molecule has 0 N–H and O–H groups in total. The first-order chi connectivity index (χ1) is 1.73. The van der Waals surface area contributed by atoms with E-state index in [2.05, 4.69) is 0 Å². The minimum Gasteiger partial charge on any atom is -1.00 e. The van der Waals surface area contributed by atoms with Crippen molar-refractivity contribution in [2.45, 2.75) is 0 Å². The van der Waals surface area contributed by atoms with Crippen LogP contribution in [0.1, 0.15) is 0 Å². The Labute approximate surface area is 114 Å². The van der Waals surface area contributed by atoms with Crippen LogP contribution in [0, 0.1) is 0 Å². The Morgan fingerprint density at radius 1 is 1.00 bits per heavy atom. The fourth-order valence-electron chi connectivity index (χ4n) is 0. The summed E-state index contributed by atoms with van der Waals surface area (Å²) in [4.78, 5) is 17.0. The molecule has 0 aliphatic rings. The molecule has 8 heavy (non-hydrogen) atoms. The van der Waals surface area contributed by atoms with Gasteiger partial charge in [-0.1, -0.05) is 0 Å². The van der Waals surface area contributed by atoms with Gasteiger partial charge in [0.2, 0.25) is 0 Å². The molecule has 0 heterocycles. The molecule has 0 fully saturated rings. The second-order valence-corrected chi connectivity index (χ2v) is 0.750. The molecule has 0 rings (SSSR count). The largest absolute Gasteiger partial charge is 1.00 e. The van der Waals surface area contributed by atoms with E-state index in [1.165, 1.54) is 0 Å². The molecule has 0 amide bonds. The first kappa shape index (κ1) is 31.2. The van der Waals surface area contributed by atoms with E-state index in [1.54, 1.807) is 0 Å². The Morgan fingerprint density at radius 3 is 1.00 bits per heavy atom. The summed E-state index contributed by atoms with van der Waals surface area (Å²) in [5.74, 6) is 0. The van der Waals surface area contributed by atoms with Gasteiger partial charge < -0.3 is 18.8 Å². The molecular formula is FNa3O3Si. The molecule has 0 bridgehead atoms. The van der Waals surface area contributed by atoms with Gasteiger partial charge in [-0.2, -0.15) is 0 Å². The van der Waals surface area contributed by atoms with Gasteiger partial charge in [0, 0.05) is 9.17 Å². The van der Waals surface area contributed by atoms with Crippen LogP contribution in [-0.4, -0.2) is 9.17 Å². The molecule has 0 aromatic rings. The van der Waals surface area contributed by atoms with Gasteiger partial charge in [0.05, 0.1) is 0 Å². The molecule has 0 aromatic carbocycles. The monoisotopic (exact) mass is 164 g/mol. The van der Waals surface area contributed by atoms with E-state index in [0.717, 1.165) is 0 Å². The second kappa shape index (κ2) is 22.7. The molecule has 0 saturated carbocycles. The number of halogens is 1. The van der Waals surface area contributed by atoms with Crippen molar-refractivity contribution < 1.29 is 107 Å². The number of hydrogen-bond donors (Lipinski definition) is 0. The van der Waals surface area contributed by atoms with Crippen molar-refractivity contribution in [1.82, 2.24) is 0 Å². The van der Waals surface area contributed by atoms with Gasteiger partial charge >= 0.3 is 88.7 Å². The summed E-state index contributed by atoms with van der Waals surface area (Å²) < 4.78 is 8.52. The first-order valence-corrected chi connectivity index (χ1v) is 1.84. The molecule has 0 unspecified atom stereocenters. The van der Waals surface area contributed by atoms with E-state index in [0.29, 0.717) is 0 Å². The maximum absolute atomic E-state index is 8.52. The van der Waals surface area contributed by atoms with Gasteiger partial charge in [0.15, 0.2) is 0 Å². The minimum atomic E-state index is -3.63. The maximum atomic E-state index is 8.52. The van der Waals surface area contributed by atoms with Crippen LogP contribution >= 0.6 is 0 Å². The quantitative estimate of drug-likeness (QED) is 0.334. The Morgan fingerprint density at radius 2 is 1.00 bits per heavy atom. The SMILES string of the molecule is O=[Si]([O-])[O-].[F-].[Na+].[Na+].[Na+]. The summed E-state index contributed by atoms with van der Waals surface area (Å²) in [5, 5.41) is 0. The van der Waals surface area contributed by atoms with E-state index in [9.17, 15) is 0 Å². The van der Waals surface area contributed by atoms with Crippen LogP contribution < -0.4 is 103 Å². The zero-order chi connectivity index (χ0) is 3.58. The van der Waals surface area contributed by atoms with Crippen molar-refractivity contribution in [3.8, 4) is 0 Å². The van der Waals surface area contributed by atoms with Gasteiger partial charge in [-0.3, -0.25) is 0 Å². The molecule has 0 aliphatic heterocycles. The standard InChI is InChI=1S/FH.3Na.O3Si/c;;;;1-4(2)3/h1H;;;;/q;3*+1;-2/p-1. The molecule has 32 valence electrons. The Kier molecular flexibility index (Phi) is 88.5. The molecule has 0 atom stereocenters. The fraction of sp³-hybridized carbons (Fsp3) is 0. The molecule has 0 aliphatic carbocycles. The van der Waals surface area contributed by atoms with Crippen molar-refractivity contribution in [3.63, 3.8) is 0 Å². The summed E-state index contributed by atoms with van der Waals surface area (Å²) in [6, 6.07) is 0. The normalized spacial score (nSPS) is 3.00. The van der Waals surface area contributed by atoms with E-state index >= 15 is 0 Å². The van der Waals surface area contributed by atoms with E-state index in [-0.39, 0.29) is 93.4 Å². The van der Waals surface area contributed by atoms with Crippen LogP contribution in [0.5, 0.6) is 0 Å². The van der Waals surface area contributed by atoms with E-state index < -0.39 is 9.17 Å². The van der Waals surface area contributed by atoms with Gasteiger partial charge in [0.25, 0.3) is 0 Å². The number of hydrogen-bond acceptors (Lipinski definition) is 3. The van der Waals surface area contributed by atoms with Crippen molar-refractivity contribution >= 4 is 9.17 Å². The summed E-state index contributed by atoms with van der Waals surface area (Å²) in [7, 11) is -3.63. The second-order valence-electron chi connectivity index (χ2n) is 0.250. The van der Waals surface area contributed by atoms with Crippen molar-refractivity contribution in [2.24, 2.45) is 0 Å². The first-order valence-electron chi connectivity index (χ1n) is 0.612. The van der Waals surface area contributed by atoms with Crippen LogP contribution in [0.2, 0.25) is 0 Å². The van der Waals surface area contributed by atoms with Gasteiger partial charge in [-0.15, -0.1) is 0 Å². The average molecular weight is 164 g/mol. The topological polar surface area (TPSA) is 63.2 Å². The minimum absolute atomic E-state index is 0. The zero-order valence-electron chi connectivity index (χ0n) is 5.10. The van der Waals surface area contributed by atoms with Gasteiger partial charge in [-0.25, -0.2) is 0 Å². The maximum Gasteiger partial charge on any atom is 1.00 e. The molecular weight excluding hydrogens is 164 g/mol. The predicted octanol–water partition coefficient (Wildman–Crippen LogP) is -14.9. The van der Waals surface area contributed by atoms with Crippen LogP contribution in [-0.2, 0) is 4.46 Å². The third kappa shape index (κ3) is 75.0. The van der Waals surface area contributed by atoms with Crippen molar-refractivity contribution in [2.75, 3.05) is 0 Å². The van der Waals surface area contributed by atoms with Crippen LogP contribution in [0.15, 0.2) is 0 Å². The third-order valence-electron chi connectivity index (χ3n) is 0. The van der Waals surface area contributed by atoms with Crippen LogP contribution in [0.4, 0.5) is 0 Å². The smallest absolute Gasteiger partial charge is 1.00 e. The fourth-order valence-corrected chi connectivity index (χ4v) is 0. The van der Waals surface area contributed by atoms with Gasteiger partial charge in [-0.05, 0) is 0 Å². The van der Waals surface area contributed by atoms with Crippen molar-refractivity contribution in [1.29, 1.82) is 0 Å². The Balaban J connectivity index is -0.00000000750. The van der Waals surface area contributed by atoms with E-state index in [1.807, 2.05) is 0 Å². The molecule has 0 saturated heterocycles. The summed E-state index contributed by atoms with van der Waals surface area (Å²) in [6.07, 6.45) is 0. The van der Waals surface area contributed by atoms with E-state index in [4.69, 9.17) is 14.1 Å². The average Bonchev–Trinajstić information content (AvgIpc) is 0.811. The summed E-state index contributed by atoms with van der Waals surface area (Å²) >= 11 is 0. The molecule has 3 nitrogen and oxygen atoms in total. The van der Waals surface area contributed by atoms with Gasteiger partial charge in [0.1, 0.15) is 0 Å². The molecule has 0 spiro atoms. The summed E-state index contributed by atoms with van der Waals surface area (Å²) in [6.45, 7) is 0. The third-order valence-corrected chi connectivity index (χ3v) is 0. The van der Waals surface area contributed by atoms with Crippen molar-refractivity contribution in [3.05, 3.63) is 0 Å². The molecule has 0 aromatic heterocycles. The number of rotatable bonds is 0. The summed E-state index contributed by atoms with van der Waals surface area (Å²) in [5.41, 5.74) is 0. The zero-order valence-corrected chi connectivity index (χ0v) is 12.1. The van der Waals surface area contributed by atoms with Crippen LogP contribution in [0.25, 0.3) is 0 Å². The molecule has 8 heteroatoms.